The third-order valence-corrected chi connectivity index (χ3v) is 4.02. The summed E-state index contributed by atoms with van der Waals surface area (Å²) in [6, 6.07) is 0. The molecule has 0 heterocycles. The first-order valence-corrected chi connectivity index (χ1v) is 5.19. The second-order valence-electron chi connectivity index (χ2n) is 1.62. The fourth-order valence-electron chi connectivity index (χ4n) is 0.671. The third-order valence-electron chi connectivity index (χ3n) is 1.34. The van der Waals surface area contributed by atoms with Gasteiger partial charge in [-0.2, -0.15) is 0 Å². The fraction of sp³-hybridized carbons (Fsp3) is 0.857. The predicted octanol–water partition coefficient (Wildman–Crippen LogP) is 2.62. The molecule has 0 unspecified atom stereocenters. The minimum absolute atomic E-state index is 0. The van der Waals surface area contributed by atoms with Gasteiger partial charge in [-0.05, 0) is 18.5 Å². The second kappa shape index (κ2) is 16.3. The van der Waals surface area contributed by atoms with Gasteiger partial charge < -0.3 is 11.8 Å². The first-order valence-electron chi connectivity index (χ1n) is 3.29. The summed E-state index contributed by atoms with van der Waals surface area (Å²) in [5.74, 6) is 0. The standard InChI is InChI=1S/C6H15P.CN.Au/c1-4-7(5-2)6-3;1-2;/h4-6H2,1-3H3;;/q;-1;+1. The Morgan fingerprint density at radius 2 is 1.20 bits per heavy atom. The summed E-state index contributed by atoms with van der Waals surface area (Å²) in [7, 11) is 0.446. The molecule has 0 bridgehead atoms. The van der Waals surface area contributed by atoms with Crippen molar-refractivity contribution in [3.05, 3.63) is 6.57 Å². The van der Waals surface area contributed by atoms with Gasteiger partial charge in [0.05, 0.1) is 0 Å². The minimum Gasteiger partial charge on any atom is -0.512 e. The molecule has 1 nitrogen and oxygen atoms in total. The van der Waals surface area contributed by atoms with Crippen molar-refractivity contribution in [1.82, 2.24) is 0 Å². The van der Waals surface area contributed by atoms with E-state index in [0.717, 1.165) is 0 Å². The molecule has 0 rings (SSSR count). The molecule has 0 fully saturated rings. The van der Waals surface area contributed by atoms with Crippen molar-refractivity contribution >= 4 is 7.92 Å². The second-order valence-corrected chi connectivity index (χ2v) is 4.86. The zero-order valence-electron chi connectivity index (χ0n) is 6.82. The fourth-order valence-corrected chi connectivity index (χ4v) is 2.01. The van der Waals surface area contributed by atoms with Crippen LogP contribution in [0.15, 0.2) is 0 Å². The van der Waals surface area contributed by atoms with Gasteiger partial charge in [0.25, 0.3) is 0 Å². The van der Waals surface area contributed by atoms with E-state index in [4.69, 9.17) is 11.8 Å². The first-order chi connectivity index (χ1) is 4.35. The molecular formula is C7H15AuNP. The van der Waals surface area contributed by atoms with Gasteiger partial charge in [-0.3, -0.25) is 0 Å². The maximum atomic E-state index is 6.25. The molecular weight excluding hydrogens is 326 g/mol. The van der Waals surface area contributed by atoms with Crippen LogP contribution >= 0.6 is 7.92 Å². The third kappa shape index (κ3) is 11.5. The average molecular weight is 341 g/mol. The molecule has 0 atom stereocenters. The molecule has 64 valence electrons. The topological polar surface area (TPSA) is 23.8 Å². The molecule has 0 saturated heterocycles. The van der Waals surface area contributed by atoms with Gasteiger partial charge in [0.15, 0.2) is 0 Å². The Morgan fingerprint density at radius 3 is 1.20 bits per heavy atom. The van der Waals surface area contributed by atoms with Crippen LogP contribution in [-0.2, 0) is 22.4 Å². The van der Waals surface area contributed by atoms with Crippen LogP contribution in [0.2, 0.25) is 0 Å². The summed E-state index contributed by atoms with van der Waals surface area (Å²) in [5.41, 5.74) is 0. The van der Waals surface area contributed by atoms with Gasteiger partial charge >= 0.3 is 22.4 Å². The number of rotatable bonds is 3. The molecule has 0 aromatic heterocycles. The van der Waals surface area contributed by atoms with Crippen molar-refractivity contribution in [2.75, 3.05) is 18.5 Å². The van der Waals surface area contributed by atoms with E-state index in [1.165, 1.54) is 18.5 Å². The van der Waals surface area contributed by atoms with Crippen LogP contribution < -0.4 is 0 Å². The van der Waals surface area contributed by atoms with Crippen LogP contribution in [0.4, 0.5) is 0 Å². The van der Waals surface area contributed by atoms with Gasteiger partial charge in [0.1, 0.15) is 0 Å². The average Bonchev–Trinajstić information content (AvgIpc) is 1.96. The summed E-state index contributed by atoms with van der Waals surface area (Å²) in [6.45, 7) is 11.6. The van der Waals surface area contributed by atoms with Crippen LogP contribution in [0.25, 0.3) is 0 Å². The van der Waals surface area contributed by atoms with Crippen molar-refractivity contribution in [2.45, 2.75) is 20.8 Å². The number of hydrogen-bond donors (Lipinski definition) is 0. The smallest absolute Gasteiger partial charge is 0.512 e. The summed E-state index contributed by atoms with van der Waals surface area (Å²) in [6.07, 6.45) is 4.26. The van der Waals surface area contributed by atoms with Crippen molar-refractivity contribution in [2.24, 2.45) is 0 Å². The maximum Gasteiger partial charge on any atom is 1.00 e. The molecule has 0 aliphatic carbocycles. The van der Waals surface area contributed by atoms with Crippen LogP contribution in [0.5, 0.6) is 0 Å². The van der Waals surface area contributed by atoms with Crippen molar-refractivity contribution in [3.8, 4) is 0 Å². The Kier molecular flexibility index (Phi) is 27.7. The molecule has 0 radical (unpaired) electrons. The quantitative estimate of drug-likeness (QED) is 0.440. The zero-order valence-corrected chi connectivity index (χ0v) is 9.88. The van der Waals surface area contributed by atoms with E-state index in [-0.39, 0.29) is 22.4 Å². The van der Waals surface area contributed by atoms with Crippen molar-refractivity contribution in [3.63, 3.8) is 0 Å². The molecule has 0 aromatic rings. The summed E-state index contributed by atoms with van der Waals surface area (Å²) in [4.78, 5) is 0. The van der Waals surface area contributed by atoms with Gasteiger partial charge in [-0.1, -0.05) is 20.8 Å². The molecule has 0 saturated carbocycles. The SMILES string of the molecule is CCP(CC)CC.[Au+].[C-]#N. The maximum absolute atomic E-state index is 6.25. The van der Waals surface area contributed by atoms with Crippen molar-refractivity contribution in [1.29, 1.82) is 5.26 Å². The summed E-state index contributed by atoms with van der Waals surface area (Å²) >= 11 is 0. The predicted molar refractivity (Wildman–Crippen MR) is 43.5 cm³/mol. The zero-order chi connectivity index (χ0) is 7.70. The summed E-state index contributed by atoms with van der Waals surface area (Å²) in [5, 5.41) is 6.25. The largest absolute Gasteiger partial charge is 1.00 e. The van der Waals surface area contributed by atoms with E-state index in [1.807, 2.05) is 0 Å². The van der Waals surface area contributed by atoms with Crippen LogP contribution in [0.1, 0.15) is 20.8 Å². The van der Waals surface area contributed by atoms with Crippen LogP contribution in [0, 0.1) is 11.8 Å². The Hall–Kier alpha value is 0.660. The normalized spacial score (nSPS) is 7.40. The van der Waals surface area contributed by atoms with E-state index in [1.54, 1.807) is 0 Å². The number of hydrogen-bond acceptors (Lipinski definition) is 1. The molecule has 3 heteroatoms. The minimum atomic E-state index is 0. The summed E-state index contributed by atoms with van der Waals surface area (Å²) < 4.78 is 0. The molecule has 0 aliphatic rings. The molecule has 0 spiro atoms. The first kappa shape index (κ1) is 17.0. The number of nitrogens with zero attached hydrogens (tertiary/aromatic N) is 1. The molecule has 0 aliphatic heterocycles. The van der Waals surface area contributed by atoms with Gasteiger partial charge in [0, 0.05) is 0 Å². The van der Waals surface area contributed by atoms with Crippen LogP contribution in [-0.4, -0.2) is 18.5 Å². The van der Waals surface area contributed by atoms with E-state index < -0.39 is 0 Å². The van der Waals surface area contributed by atoms with Gasteiger partial charge in [0.2, 0.25) is 0 Å². The Labute approximate surface area is 81.5 Å². The van der Waals surface area contributed by atoms with E-state index in [9.17, 15) is 0 Å². The molecule has 0 aromatic carbocycles. The Morgan fingerprint density at radius 1 is 1.00 bits per heavy atom. The van der Waals surface area contributed by atoms with E-state index >= 15 is 0 Å². The molecule has 0 N–H and O–H groups in total. The molecule has 10 heavy (non-hydrogen) atoms. The van der Waals surface area contributed by atoms with Crippen LogP contribution in [0.3, 0.4) is 0 Å². The monoisotopic (exact) mass is 341 g/mol. The van der Waals surface area contributed by atoms with Gasteiger partial charge in [-0.25, -0.2) is 0 Å². The Balaban J connectivity index is -0.000000149. The molecule has 0 amide bonds. The Bertz CT molecular complexity index is 56.4. The van der Waals surface area contributed by atoms with Crippen molar-refractivity contribution < 1.29 is 22.4 Å². The van der Waals surface area contributed by atoms with E-state index in [2.05, 4.69) is 20.8 Å². The van der Waals surface area contributed by atoms with Gasteiger partial charge in [-0.15, -0.1) is 7.92 Å². The van der Waals surface area contributed by atoms with E-state index in [0.29, 0.717) is 7.92 Å².